The van der Waals surface area contributed by atoms with E-state index in [0.29, 0.717) is 19.3 Å². The Labute approximate surface area is 473 Å². The van der Waals surface area contributed by atoms with E-state index in [-0.39, 0.29) is 31.6 Å². The van der Waals surface area contributed by atoms with Gasteiger partial charge in [-0.05, 0) is 128 Å². The Morgan fingerprint density at radius 3 is 0.779 bits per heavy atom. The number of hydrogen-bond donors (Lipinski definition) is 0. The fraction of sp³-hybridized carbons (Fsp3) is 0.592. The summed E-state index contributed by atoms with van der Waals surface area (Å²) < 4.78 is 16.8. The van der Waals surface area contributed by atoms with Gasteiger partial charge in [0.2, 0.25) is 0 Å². The van der Waals surface area contributed by atoms with Crippen LogP contribution < -0.4 is 0 Å². The first kappa shape index (κ1) is 72.0. The first-order valence-corrected chi connectivity index (χ1v) is 31.0. The number of allylic oxidation sites excluding steroid dienone is 26. The highest BCUT2D eigenvalue weighted by molar-refractivity contribution is 5.71. The molecule has 0 rings (SSSR count). The summed E-state index contributed by atoms with van der Waals surface area (Å²) >= 11 is 0. The van der Waals surface area contributed by atoms with Gasteiger partial charge in [-0.2, -0.15) is 0 Å². The number of rotatable bonds is 54. The Morgan fingerprint density at radius 1 is 0.260 bits per heavy atom. The number of hydrogen-bond acceptors (Lipinski definition) is 6. The predicted octanol–water partition coefficient (Wildman–Crippen LogP) is 21.3. The molecule has 77 heavy (non-hydrogen) atoms. The van der Waals surface area contributed by atoms with E-state index in [2.05, 4.69) is 167 Å². The molecular formula is C71H112O6. The van der Waals surface area contributed by atoms with Crippen molar-refractivity contribution in [3.05, 3.63) is 158 Å². The van der Waals surface area contributed by atoms with Crippen LogP contribution in [0, 0.1) is 0 Å². The molecule has 432 valence electrons. The molecule has 0 N–H and O–H groups in total. The number of carbonyl (C=O) groups is 3. The van der Waals surface area contributed by atoms with Crippen molar-refractivity contribution in [1.82, 2.24) is 0 Å². The third-order valence-electron chi connectivity index (χ3n) is 12.5. The molecule has 0 aliphatic carbocycles. The van der Waals surface area contributed by atoms with Crippen molar-refractivity contribution < 1.29 is 28.6 Å². The van der Waals surface area contributed by atoms with Gasteiger partial charge in [0.05, 0.1) is 0 Å². The van der Waals surface area contributed by atoms with Crippen LogP contribution in [0.3, 0.4) is 0 Å². The molecule has 1 unspecified atom stereocenters. The van der Waals surface area contributed by atoms with Gasteiger partial charge in [0.25, 0.3) is 0 Å². The van der Waals surface area contributed by atoms with E-state index in [1.165, 1.54) is 64.2 Å². The quantitative estimate of drug-likeness (QED) is 0.0261. The lowest BCUT2D eigenvalue weighted by Gasteiger charge is -2.18. The van der Waals surface area contributed by atoms with Crippen molar-refractivity contribution in [2.75, 3.05) is 13.2 Å². The molecule has 6 heteroatoms. The van der Waals surface area contributed by atoms with E-state index in [4.69, 9.17) is 14.2 Å². The van der Waals surface area contributed by atoms with Gasteiger partial charge in [-0.3, -0.25) is 14.4 Å². The topological polar surface area (TPSA) is 78.9 Å². The van der Waals surface area contributed by atoms with Crippen molar-refractivity contribution >= 4 is 17.9 Å². The molecule has 0 aromatic carbocycles. The van der Waals surface area contributed by atoms with Gasteiger partial charge in [0.1, 0.15) is 13.2 Å². The standard InChI is InChI=1S/C71H112O6/c1-4-7-10-13-16-19-22-25-28-30-32-33-34-35-36-37-39-40-43-46-49-52-55-58-61-64-70(73)76-67-68(66-75-69(72)63-60-57-54-51-48-45-42-27-24-21-18-15-12-9-6-3)77-71(74)65-62-59-56-53-50-47-44-41-38-31-29-26-23-20-17-14-11-8-5-2/h7-12,16-21,25-29,32-33,38,41-42,47,50,56,59,68H,4-6,13-15,22-24,30-31,34-37,39-40,43-46,48-49,51-55,57-58,60-67H2,1-3H3/b10-7-,11-8-,12-9-,19-16-,20-17-,21-18-,28-25-,29-26-,33-32-,41-38-,42-27-,50-47-,59-56-. The van der Waals surface area contributed by atoms with Gasteiger partial charge < -0.3 is 14.2 Å². The van der Waals surface area contributed by atoms with Gasteiger partial charge in [-0.25, -0.2) is 0 Å². The van der Waals surface area contributed by atoms with Gasteiger partial charge in [0.15, 0.2) is 6.10 Å². The highest BCUT2D eigenvalue weighted by Gasteiger charge is 2.19. The van der Waals surface area contributed by atoms with Crippen molar-refractivity contribution in [2.45, 2.75) is 258 Å². The second kappa shape index (κ2) is 63.6. The molecule has 0 spiro atoms. The lowest BCUT2D eigenvalue weighted by atomic mass is 10.0. The van der Waals surface area contributed by atoms with Crippen LogP contribution in [-0.4, -0.2) is 37.2 Å². The first-order valence-electron chi connectivity index (χ1n) is 31.0. The summed E-state index contributed by atoms with van der Waals surface area (Å²) in [6, 6.07) is 0. The monoisotopic (exact) mass is 1060 g/mol. The summed E-state index contributed by atoms with van der Waals surface area (Å²) in [6.45, 7) is 6.22. The van der Waals surface area contributed by atoms with Gasteiger partial charge in [-0.1, -0.05) is 262 Å². The zero-order valence-corrected chi connectivity index (χ0v) is 49.4. The van der Waals surface area contributed by atoms with Crippen molar-refractivity contribution in [1.29, 1.82) is 0 Å². The minimum Gasteiger partial charge on any atom is -0.462 e. The molecule has 0 aromatic rings. The van der Waals surface area contributed by atoms with Crippen LogP contribution in [0.15, 0.2) is 158 Å². The van der Waals surface area contributed by atoms with E-state index < -0.39 is 12.1 Å². The molecule has 0 heterocycles. The molecule has 6 nitrogen and oxygen atoms in total. The first-order chi connectivity index (χ1) is 38.0. The summed E-state index contributed by atoms with van der Waals surface area (Å²) in [6.07, 6.45) is 92.6. The van der Waals surface area contributed by atoms with E-state index >= 15 is 0 Å². The Balaban J connectivity index is 4.47. The normalized spacial score (nSPS) is 13.2. The Bertz CT molecular complexity index is 1740. The average Bonchev–Trinajstić information content (AvgIpc) is 3.43. The molecule has 0 radical (unpaired) electrons. The van der Waals surface area contributed by atoms with Crippen LogP contribution in [0.25, 0.3) is 0 Å². The third kappa shape index (κ3) is 61.8. The zero-order chi connectivity index (χ0) is 55.7. The highest BCUT2D eigenvalue weighted by Crippen LogP contribution is 2.15. The summed E-state index contributed by atoms with van der Waals surface area (Å²) in [5.41, 5.74) is 0. The fourth-order valence-corrected chi connectivity index (χ4v) is 8.00. The fourth-order valence-electron chi connectivity index (χ4n) is 8.00. The summed E-state index contributed by atoms with van der Waals surface area (Å²) in [7, 11) is 0. The maximum atomic E-state index is 12.9. The van der Waals surface area contributed by atoms with Crippen LogP contribution in [-0.2, 0) is 28.6 Å². The minimum absolute atomic E-state index is 0.121. The van der Waals surface area contributed by atoms with Crippen LogP contribution >= 0.6 is 0 Å². The molecule has 0 amide bonds. The highest BCUT2D eigenvalue weighted by atomic mass is 16.6. The molecule has 0 fully saturated rings. The van der Waals surface area contributed by atoms with Crippen LogP contribution in [0.1, 0.15) is 252 Å². The van der Waals surface area contributed by atoms with E-state index in [1.807, 2.05) is 12.2 Å². The lowest BCUT2D eigenvalue weighted by molar-refractivity contribution is -0.166. The van der Waals surface area contributed by atoms with Crippen molar-refractivity contribution in [3.63, 3.8) is 0 Å². The van der Waals surface area contributed by atoms with Gasteiger partial charge in [0, 0.05) is 19.3 Å². The molecule has 0 aromatic heterocycles. The molecular weight excluding hydrogens is 949 g/mol. The zero-order valence-electron chi connectivity index (χ0n) is 49.4. The third-order valence-corrected chi connectivity index (χ3v) is 12.5. The smallest absolute Gasteiger partial charge is 0.306 e. The van der Waals surface area contributed by atoms with E-state index in [0.717, 1.165) is 141 Å². The number of esters is 3. The van der Waals surface area contributed by atoms with Crippen LogP contribution in [0.2, 0.25) is 0 Å². The minimum atomic E-state index is -0.835. The van der Waals surface area contributed by atoms with E-state index in [1.54, 1.807) is 0 Å². The molecule has 1 atom stereocenters. The second-order valence-electron chi connectivity index (χ2n) is 19.8. The summed E-state index contributed by atoms with van der Waals surface area (Å²) in [4.78, 5) is 38.3. The lowest BCUT2D eigenvalue weighted by Crippen LogP contribution is -2.30. The summed E-state index contributed by atoms with van der Waals surface area (Å²) in [5.74, 6) is -1.03. The largest absolute Gasteiger partial charge is 0.462 e. The molecule has 0 saturated heterocycles. The molecule has 0 aliphatic heterocycles. The molecule has 0 saturated carbocycles. The molecule has 0 bridgehead atoms. The second-order valence-corrected chi connectivity index (χ2v) is 19.8. The molecule has 0 aliphatic rings. The van der Waals surface area contributed by atoms with Gasteiger partial charge >= 0.3 is 17.9 Å². The van der Waals surface area contributed by atoms with Crippen LogP contribution in [0.5, 0.6) is 0 Å². The maximum Gasteiger partial charge on any atom is 0.306 e. The van der Waals surface area contributed by atoms with E-state index in [9.17, 15) is 14.4 Å². The van der Waals surface area contributed by atoms with Crippen LogP contribution in [0.4, 0.5) is 0 Å². The SMILES string of the molecule is CC/C=C\C/C=C\C/C=C\C/C=C\C/C=C\C/C=C\CCC(=O)OC(COC(=O)CCCCCCC/C=C\C/C=C\C/C=C\CC)COC(=O)CCCCCCCCCCCCCC/C=C\C/C=C\C/C=C\C/C=C\CC. The average molecular weight is 1060 g/mol. The number of unbranched alkanes of at least 4 members (excludes halogenated alkanes) is 17. The maximum absolute atomic E-state index is 12.9. The Morgan fingerprint density at radius 2 is 0.494 bits per heavy atom. The number of carbonyl (C=O) groups excluding carboxylic acids is 3. The summed E-state index contributed by atoms with van der Waals surface area (Å²) in [5, 5.41) is 0. The van der Waals surface area contributed by atoms with Gasteiger partial charge in [-0.15, -0.1) is 0 Å². The van der Waals surface area contributed by atoms with Crippen molar-refractivity contribution in [3.8, 4) is 0 Å². The number of ether oxygens (including phenoxy) is 3. The Hall–Kier alpha value is -4.97. The Kier molecular flexibility index (Phi) is 59.5. The van der Waals surface area contributed by atoms with Crippen molar-refractivity contribution in [2.24, 2.45) is 0 Å². The predicted molar refractivity (Wildman–Crippen MR) is 334 cm³/mol.